The van der Waals surface area contributed by atoms with Crippen molar-refractivity contribution in [1.29, 1.82) is 0 Å². The van der Waals surface area contributed by atoms with E-state index in [-0.39, 0.29) is 0 Å². The third-order valence-corrected chi connectivity index (χ3v) is 9.93. The van der Waals surface area contributed by atoms with Crippen molar-refractivity contribution in [3.8, 4) is 0 Å². The highest BCUT2D eigenvalue weighted by molar-refractivity contribution is 8.55. The summed E-state index contributed by atoms with van der Waals surface area (Å²) in [6.07, 6.45) is 14.1. The van der Waals surface area contributed by atoms with Crippen molar-refractivity contribution in [3.63, 3.8) is 0 Å². The molecule has 0 amide bonds. The fourth-order valence-electron chi connectivity index (χ4n) is 3.40. The first-order chi connectivity index (χ1) is 14.0. The van der Waals surface area contributed by atoms with Crippen molar-refractivity contribution in [2.45, 2.75) is 119 Å². The quantitative estimate of drug-likeness (QED) is 0.163. The fourth-order valence-corrected chi connectivity index (χ4v) is 7.19. The standard InChI is InChI=1S/C24H51O3PS/c1-7-13-16-22(10-4)19-26-28(25,27-20-23(11-5)17-14-8-2)29-21-24(12-6)18-15-9-3/h22-24H,7-21H2,1-6H3. The van der Waals surface area contributed by atoms with Gasteiger partial charge in [0.25, 0.3) is 0 Å². The van der Waals surface area contributed by atoms with Crippen LogP contribution in [0.3, 0.4) is 0 Å². The Morgan fingerprint density at radius 1 is 0.655 bits per heavy atom. The minimum atomic E-state index is -3.10. The van der Waals surface area contributed by atoms with Gasteiger partial charge in [-0.2, -0.15) is 0 Å². The van der Waals surface area contributed by atoms with E-state index in [1.165, 1.54) is 56.3 Å². The van der Waals surface area contributed by atoms with Crippen LogP contribution < -0.4 is 0 Å². The van der Waals surface area contributed by atoms with Crippen LogP contribution in [-0.4, -0.2) is 19.0 Å². The average Bonchev–Trinajstić information content (AvgIpc) is 2.74. The average molecular weight is 451 g/mol. The molecule has 176 valence electrons. The molecule has 0 spiro atoms. The van der Waals surface area contributed by atoms with Crippen molar-refractivity contribution in [3.05, 3.63) is 0 Å². The van der Waals surface area contributed by atoms with Crippen molar-refractivity contribution in [2.75, 3.05) is 19.0 Å². The molecule has 0 N–H and O–H groups in total. The molecule has 0 aromatic carbocycles. The molecular weight excluding hydrogens is 399 g/mol. The zero-order valence-electron chi connectivity index (χ0n) is 20.4. The molecule has 0 aliphatic carbocycles. The second-order valence-corrected chi connectivity index (χ2v) is 12.7. The minimum Gasteiger partial charge on any atom is -0.300 e. The molecule has 3 unspecified atom stereocenters. The molecule has 29 heavy (non-hydrogen) atoms. The van der Waals surface area contributed by atoms with Gasteiger partial charge in [0.05, 0.1) is 13.2 Å². The summed E-state index contributed by atoms with van der Waals surface area (Å²) in [5.41, 5.74) is 0. The van der Waals surface area contributed by atoms with Crippen molar-refractivity contribution < 1.29 is 13.6 Å². The first-order valence-electron chi connectivity index (χ1n) is 12.5. The van der Waals surface area contributed by atoms with Crippen LogP contribution in [0.1, 0.15) is 119 Å². The lowest BCUT2D eigenvalue weighted by Gasteiger charge is -2.25. The molecule has 0 aliphatic heterocycles. The molecule has 0 heterocycles. The SMILES string of the molecule is CCCCC(CC)COP(=O)(OCC(CC)CCCC)SCC(CC)CCCC. The van der Waals surface area contributed by atoms with Crippen LogP contribution in [0.5, 0.6) is 0 Å². The molecule has 0 aliphatic rings. The maximum Gasteiger partial charge on any atom is 0.389 e. The van der Waals surface area contributed by atoms with Crippen LogP contribution in [0.15, 0.2) is 0 Å². The molecule has 0 aromatic rings. The van der Waals surface area contributed by atoms with Gasteiger partial charge in [0.15, 0.2) is 0 Å². The lowest BCUT2D eigenvalue weighted by atomic mass is 10.0. The summed E-state index contributed by atoms with van der Waals surface area (Å²) in [5, 5.41) is 0. The third-order valence-electron chi connectivity index (χ3n) is 6.03. The summed E-state index contributed by atoms with van der Waals surface area (Å²) in [6, 6.07) is 0. The molecule has 3 nitrogen and oxygen atoms in total. The molecule has 0 radical (unpaired) electrons. The second kappa shape index (κ2) is 19.2. The molecule has 5 heteroatoms. The summed E-state index contributed by atoms with van der Waals surface area (Å²) in [4.78, 5) is 0. The van der Waals surface area contributed by atoms with Crippen LogP contribution >= 0.6 is 18.2 Å². The largest absolute Gasteiger partial charge is 0.389 e. The van der Waals surface area contributed by atoms with E-state index in [9.17, 15) is 4.57 Å². The van der Waals surface area contributed by atoms with Gasteiger partial charge >= 0.3 is 6.80 Å². The Kier molecular flexibility index (Phi) is 19.5. The van der Waals surface area contributed by atoms with Crippen LogP contribution in [0, 0.1) is 17.8 Å². The van der Waals surface area contributed by atoms with Gasteiger partial charge in [0.2, 0.25) is 0 Å². The van der Waals surface area contributed by atoms with Crippen LogP contribution in [-0.2, 0) is 13.6 Å². The lowest BCUT2D eigenvalue weighted by molar-refractivity contribution is 0.162. The number of hydrogen-bond donors (Lipinski definition) is 0. The van der Waals surface area contributed by atoms with E-state index in [1.807, 2.05) is 0 Å². The molecular formula is C24H51O3PS. The minimum absolute atomic E-state index is 0.483. The Hall–Kier alpha value is 0.500. The molecule has 3 atom stereocenters. The Morgan fingerprint density at radius 3 is 1.38 bits per heavy atom. The summed E-state index contributed by atoms with van der Waals surface area (Å²) in [7, 11) is 0. The van der Waals surface area contributed by atoms with Gasteiger partial charge in [0.1, 0.15) is 0 Å². The van der Waals surface area contributed by atoms with Gasteiger partial charge in [-0.3, -0.25) is 0 Å². The first-order valence-corrected chi connectivity index (χ1v) is 15.6. The Bertz CT molecular complexity index is 349. The van der Waals surface area contributed by atoms with Crippen LogP contribution in [0.2, 0.25) is 0 Å². The number of hydrogen-bond acceptors (Lipinski definition) is 4. The normalized spacial score (nSPS) is 17.0. The van der Waals surface area contributed by atoms with Gasteiger partial charge in [-0.1, -0.05) is 99.3 Å². The fraction of sp³-hybridized carbons (Fsp3) is 1.00. The zero-order chi connectivity index (χ0) is 22.0. The van der Waals surface area contributed by atoms with E-state index in [4.69, 9.17) is 9.05 Å². The highest BCUT2D eigenvalue weighted by atomic mass is 32.7. The van der Waals surface area contributed by atoms with Gasteiger partial charge in [0, 0.05) is 5.75 Å². The van der Waals surface area contributed by atoms with Crippen LogP contribution in [0.25, 0.3) is 0 Å². The monoisotopic (exact) mass is 450 g/mol. The van der Waals surface area contributed by atoms with Crippen molar-refractivity contribution >= 4 is 18.2 Å². The number of unbranched alkanes of at least 4 members (excludes halogenated alkanes) is 3. The zero-order valence-corrected chi connectivity index (χ0v) is 22.1. The summed E-state index contributed by atoms with van der Waals surface area (Å²) in [6.45, 7) is 11.4. The van der Waals surface area contributed by atoms with Gasteiger partial charge in [-0.05, 0) is 48.4 Å². The predicted molar refractivity (Wildman–Crippen MR) is 132 cm³/mol. The van der Waals surface area contributed by atoms with E-state index >= 15 is 0 Å². The Balaban J connectivity index is 4.91. The van der Waals surface area contributed by atoms with E-state index in [0.29, 0.717) is 31.0 Å². The highest BCUT2D eigenvalue weighted by Gasteiger charge is 2.29. The van der Waals surface area contributed by atoms with E-state index < -0.39 is 6.80 Å². The molecule has 0 saturated heterocycles. The predicted octanol–water partition coefficient (Wildman–Crippen LogP) is 9.51. The summed E-state index contributed by atoms with van der Waals surface area (Å²) in [5.74, 6) is 2.45. The van der Waals surface area contributed by atoms with Gasteiger partial charge in [-0.15, -0.1) is 0 Å². The molecule has 0 aromatic heterocycles. The molecule has 0 saturated carbocycles. The van der Waals surface area contributed by atoms with E-state index in [1.54, 1.807) is 0 Å². The highest BCUT2D eigenvalue weighted by Crippen LogP contribution is 2.62. The molecule has 0 rings (SSSR count). The summed E-state index contributed by atoms with van der Waals surface area (Å²) >= 11 is 1.47. The molecule has 0 fully saturated rings. The van der Waals surface area contributed by atoms with E-state index in [0.717, 1.165) is 37.9 Å². The maximum atomic E-state index is 13.6. The number of rotatable bonds is 21. The van der Waals surface area contributed by atoms with E-state index in [2.05, 4.69) is 41.5 Å². The second-order valence-electron chi connectivity index (χ2n) is 8.58. The lowest BCUT2D eigenvalue weighted by Crippen LogP contribution is -2.12. The van der Waals surface area contributed by atoms with Gasteiger partial charge in [-0.25, -0.2) is 4.57 Å². The van der Waals surface area contributed by atoms with Crippen LogP contribution in [0.4, 0.5) is 0 Å². The van der Waals surface area contributed by atoms with Crippen molar-refractivity contribution in [1.82, 2.24) is 0 Å². The Labute approximate surface area is 187 Å². The van der Waals surface area contributed by atoms with Crippen molar-refractivity contribution in [2.24, 2.45) is 17.8 Å². The third kappa shape index (κ3) is 15.0. The summed E-state index contributed by atoms with van der Waals surface area (Å²) < 4.78 is 25.8. The topological polar surface area (TPSA) is 35.5 Å². The molecule has 0 bridgehead atoms. The smallest absolute Gasteiger partial charge is 0.300 e. The van der Waals surface area contributed by atoms with Gasteiger partial charge < -0.3 is 9.05 Å². The first kappa shape index (κ1) is 29.5. The Morgan fingerprint density at radius 2 is 1.03 bits per heavy atom. The maximum absolute atomic E-state index is 13.6.